The largest absolute Gasteiger partial charge is 0.135 e. The highest BCUT2D eigenvalue weighted by molar-refractivity contribution is 7.25. The van der Waals surface area contributed by atoms with Crippen LogP contribution in [0.15, 0.2) is 66.7 Å². The minimum absolute atomic E-state index is 1.20. The van der Waals surface area contributed by atoms with Gasteiger partial charge >= 0.3 is 0 Å². The standard InChI is InChI=1S/C18H11S/c1-2-7-13(8-3-1)14-10-6-12-17-18(14)15-9-4-5-11-16(15)19-17/h1-9,11-12H. The van der Waals surface area contributed by atoms with Crippen molar-refractivity contribution in [2.24, 2.45) is 0 Å². The Morgan fingerprint density at radius 1 is 0.737 bits per heavy atom. The van der Waals surface area contributed by atoms with Gasteiger partial charge in [-0.25, -0.2) is 0 Å². The van der Waals surface area contributed by atoms with Crippen LogP contribution in [0.3, 0.4) is 0 Å². The summed E-state index contributed by atoms with van der Waals surface area (Å²) in [6.45, 7) is 0. The number of fused-ring (bicyclic) bond motifs is 3. The molecule has 4 aromatic rings. The van der Waals surface area contributed by atoms with Crippen molar-refractivity contribution < 1.29 is 0 Å². The molecule has 0 atom stereocenters. The van der Waals surface area contributed by atoms with Gasteiger partial charge in [0.25, 0.3) is 0 Å². The predicted molar refractivity (Wildman–Crippen MR) is 83.6 cm³/mol. The van der Waals surface area contributed by atoms with Crippen molar-refractivity contribution in [3.05, 3.63) is 72.8 Å². The summed E-state index contributed by atoms with van der Waals surface area (Å²) in [5.41, 5.74) is 2.44. The van der Waals surface area contributed by atoms with E-state index in [0.717, 1.165) is 0 Å². The molecule has 0 nitrogen and oxygen atoms in total. The number of benzene rings is 3. The fraction of sp³-hybridized carbons (Fsp3) is 0. The second kappa shape index (κ2) is 4.22. The van der Waals surface area contributed by atoms with Gasteiger partial charge in [0.2, 0.25) is 0 Å². The summed E-state index contributed by atoms with van der Waals surface area (Å²) in [5.74, 6) is 0. The van der Waals surface area contributed by atoms with Gasteiger partial charge in [-0.3, -0.25) is 0 Å². The van der Waals surface area contributed by atoms with Crippen LogP contribution < -0.4 is 0 Å². The topological polar surface area (TPSA) is 0 Å². The van der Waals surface area contributed by atoms with E-state index in [2.05, 4.69) is 66.7 Å². The molecule has 0 amide bonds. The van der Waals surface area contributed by atoms with E-state index >= 15 is 0 Å². The highest BCUT2D eigenvalue weighted by Gasteiger charge is 2.09. The van der Waals surface area contributed by atoms with Crippen molar-refractivity contribution in [2.75, 3.05) is 0 Å². The van der Waals surface area contributed by atoms with E-state index in [-0.39, 0.29) is 0 Å². The van der Waals surface area contributed by atoms with Crippen molar-refractivity contribution in [2.45, 2.75) is 0 Å². The lowest BCUT2D eigenvalue weighted by Crippen LogP contribution is -1.78. The summed E-state index contributed by atoms with van der Waals surface area (Å²) in [6.07, 6.45) is 0. The Balaban J connectivity index is 2.17. The molecule has 1 radical (unpaired) electrons. The van der Waals surface area contributed by atoms with Gasteiger partial charge in [0.05, 0.1) is 0 Å². The van der Waals surface area contributed by atoms with E-state index in [1.807, 2.05) is 17.4 Å². The molecule has 0 spiro atoms. The normalized spacial score (nSPS) is 11.2. The summed E-state index contributed by atoms with van der Waals surface area (Å²) in [4.78, 5) is 0. The van der Waals surface area contributed by atoms with Crippen LogP contribution in [0.5, 0.6) is 0 Å². The van der Waals surface area contributed by atoms with Crippen LogP contribution in [0, 0.1) is 6.07 Å². The quantitative estimate of drug-likeness (QED) is 0.422. The molecule has 19 heavy (non-hydrogen) atoms. The lowest BCUT2D eigenvalue weighted by Gasteiger charge is -2.03. The van der Waals surface area contributed by atoms with E-state index in [9.17, 15) is 0 Å². The zero-order valence-electron chi connectivity index (χ0n) is 10.3. The van der Waals surface area contributed by atoms with Gasteiger partial charge in [0.15, 0.2) is 0 Å². The second-order valence-electron chi connectivity index (χ2n) is 4.56. The summed E-state index contributed by atoms with van der Waals surface area (Å²) < 4.78 is 2.67. The molecular weight excluding hydrogens is 248 g/mol. The van der Waals surface area contributed by atoms with Gasteiger partial charge in [0, 0.05) is 20.2 Å². The van der Waals surface area contributed by atoms with Crippen molar-refractivity contribution in [3.63, 3.8) is 0 Å². The summed E-state index contributed by atoms with van der Waals surface area (Å²) in [7, 11) is 0. The minimum atomic E-state index is 1.20. The van der Waals surface area contributed by atoms with Crippen LogP contribution in [0.25, 0.3) is 31.3 Å². The molecular formula is C18H11S. The first-order valence-electron chi connectivity index (χ1n) is 6.31. The number of rotatable bonds is 1. The molecule has 0 aliphatic heterocycles. The zero-order chi connectivity index (χ0) is 12.7. The Bertz CT molecular complexity index is 857. The minimum Gasteiger partial charge on any atom is -0.135 e. The second-order valence-corrected chi connectivity index (χ2v) is 5.64. The Hall–Kier alpha value is -2.12. The van der Waals surface area contributed by atoms with Crippen molar-refractivity contribution in [1.29, 1.82) is 0 Å². The first-order valence-corrected chi connectivity index (χ1v) is 7.12. The predicted octanol–water partition coefficient (Wildman–Crippen LogP) is 5.52. The lowest BCUT2D eigenvalue weighted by atomic mass is 10.00. The van der Waals surface area contributed by atoms with Gasteiger partial charge in [0.1, 0.15) is 0 Å². The van der Waals surface area contributed by atoms with E-state index in [0.29, 0.717) is 0 Å². The SMILES string of the molecule is [c]1ccc2sc3ccccc3c2c1-c1ccccc1. The average molecular weight is 259 g/mol. The highest BCUT2D eigenvalue weighted by Crippen LogP contribution is 2.39. The maximum absolute atomic E-state index is 3.41. The third-order valence-corrected chi connectivity index (χ3v) is 4.53. The Labute approximate surface area is 115 Å². The maximum Gasteiger partial charge on any atom is 0.0362 e. The van der Waals surface area contributed by atoms with Crippen LogP contribution in [0.2, 0.25) is 0 Å². The van der Waals surface area contributed by atoms with Crippen LogP contribution in [-0.2, 0) is 0 Å². The molecule has 0 N–H and O–H groups in total. The Morgan fingerprint density at radius 3 is 2.42 bits per heavy atom. The molecule has 0 unspecified atom stereocenters. The monoisotopic (exact) mass is 259 g/mol. The smallest absolute Gasteiger partial charge is 0.0362 e. The Kier molecular flexibility index (Phi) is 2.39. The van der Waals surface area contributed by atoms with Gasteiger partial charge in [-0.1, -0.05) is 54.6 Å². The van der Waals surface area contributed by atoms with Crippen molar-refractivity contribution in [1.82, 2.24) is 0 Å². The van der Waals surface area contributed by atoms with Gasteiger partial charge < -0.3 is 0 Å². The number of hydrogen-bond acceptors (Lipinski definition) is 1. The average Bonchev–Trinajstić information content (AvgIpc) is 2.86. The van der Waals surface area contributed by atoms with E-state index in [1.165, 1.54) is 31.3 Å². The highest BCUT2D eigenvalue weighted by atomic mass is 32.1. The maximum atomic E-state index is 3.41. The van der Waals surface area contributed by atoms with Crippen molar-refractivity contribution in [3.8, 4) is 11.1 Å². The molecule has 1 aromatic heterocycles. The van der Waals surface area contributed by atoms with Crippen LogP contribution in [0.1, 0.15) is 0 Å². The van der Waals surface area contributed by atoms with Crippen LogP contribution in [-0.4, -0.2) is 0 Å². The van der Waals surface area contributed by atoms with Crippen LogP contribution >= 0.6 is 11.3 Å². The lowest BCUT2D eigenvalue weighted by molar-refractivity contribution is 1.66. The molecule has 89 valence electrons. The van der Waals surface area contributed by atoms with Crippen molar-refractivity contribution >= 4 is 31.5 Å². The van der Waals surface area contributed by atoms with Gasteiger partial charge in [-0.15, -0.1) is 11.3 Å². The summed E-state index contributed by atoms with van der Waals surface area (Å²) >= 11 is 1.85. The number of thiophene rings is 1. The molecule has 1 heteroatoms. The first kappa shape index (κ1) is 10.8. The molecule has 0 bridgehead atoms. The molecule has 0 aliphatic rings. The zero-order valence-corrected chi connectivity index (χ0v) is 11.1. The fourth-order valence-electron chi connectivity index (χ4n) is 2.54. The molecule has 0 saturated heterocycles. The third-order valence-electron chi connectivity index (χ3n) is 3.40. The summed E-state index contributed by atoms with van der Waals surface area (Å²) in [6, 6.07) is 26.7. The molecule has 0 fully saturated rings. The summed E-state index contributed by atoms with van der Waals surface area (Å²) in [5, 5.41) is 2.66. The molecule has 3 aromatic carbocycles. The molecule has 4 rings (SSSR count). The first-order chi connectivity index (χ1) is 9.43. The van der Waals surface area contributed by atoms with Gasteiger partial charge in [-0.2, -0.15) is 0 Å². The van der Waals surface area contributed by atoms with E-state index in [4.69, 9.17) is 0 Å². The molecule has 0 aliphatic carbocycles. The van der Waals surface area contributed by atoms with E-state index in [1.54, 1.807) is 0 Å². The van der Waals surface area contributed by atoms with E-state index < -0.39 is 0 Å². The van der Waals surface area contributed by atoms with Crippen LogP contribution in [0.4, 0.5) is 0 Å². The number of hydrogen-bond donors (Lipinski definition) is 0. The van der Waals surface area contributed by atoms with Gasteiger partial charge in [-0.05, 0) is 29.3 Å². The Morgan fingerprint density at radius 2 is 1.53 bits per heavy atom. The molecule has 1 heterocycles. The third kappa shape index (κ3) is 1.66. The fourth-order valence-corrected chi connectivity index (χ4v) is 3.66. The molecule has 0 saturated carbocycles.